The third kappa shape index (κ3) is 8.44. The first-order valence-corrected chi connectivity index (χ1v) is 13.2. The van der Waals surface area contributed by atoms with Gasteiger partial charge in [0.25, 0.3) is 5.91 Å². The van der Waals surface area contributed by atoms with E-state index in [0.717, 1.165) is 14.0 Å². The van der Waals surface area contributed by atoms with Gasteiger partial charge in [0.15, 0.2) is 18.5 Å². The molecule has 0 spiro atoms. The second-order valence-corrected chi connectivity index (χ2v) is 10.3. The summed E-state index contributed by atoms with van der Waals surface area (Å²) >= 11 is 0. The molecule has 19 nitrogen and oxygen atoms in total. The highest BCUT2D eigenvalue weighted by Crippen LogP contribution is 2.32. The molecular formula is C16H29N3O16S2. The van der Waals surface area contributed by atoms with Crippen molar-refractivity contribution in [2.24, 2.45) is 0 Å². The molecule has 0 aromatic heterocycles. The molecule has 0 aromatic rings. The van der Waals surface area contributed by atoms with Crippen LogP contribution in [0.4, 0.5) is 0 Å². The van der Waals surface area contributed by atoms with Crippen molar-refractivity contribution in [3.05, 3.63) is 0 Å². The molecule has 2 aliphatic rings. The van der Waals surface area contributed by atoms with Gasteiger partial charge in [0.1, 0.15) is 30.5 Å². The lowest BCUT2D eigenvalue weighted by atomic mass is 9.93. The van der Waals surface area contributed by atoms with E-state index in [1.165, 1.54) is 6.92 Å². The summed E-state index contributed by atoms with van der Waals surface area (Å²) in [5.74, 6) is -1.81. The largest absolute Gasteiger partial charge is 0.397 e. The molecule has 2 fully saturated rings. The van der Waals surface area contributed by atoms with E-state index in [-0.39, 0.29) is 0 Å². The van der Waals surface area contributed by atoms with E-state index >= 15 is 0 Å². The van der Waals surface area contributed by atoms with Gasteiger partial charge in [-0.05, 0) is 6.92 Å². The summed E-state index contributed by atoms with van der Waals surface area (Å²) in [6.07, 6.45) is -16.0. The summed E-state index contributed by atoms with van der Waals surface area (Å²) in [6.45, 7) is 1.52. The van der Waals surface area contributed by atoms with Crippen molar-refractivity contribution in [1.29, 1.82) is 0 Å². The minimum atomic E-state index is -5.30. The van der Waals surface area contributed by atoms with Crippen molar-refractivity contribution >= 4 is 32.5 Å². The first-order chi connectivity index (χ1) is 17.0. The molecule has 2 saturated heterocycles. The van der Waals surface area contributed by atoms with Gasteiger partial charge in [-0.2, -0.15) is 21.6 Å². The normalized spacial score (nSPS) is 37.1. The monoisotopic (exact) mass is 583 g/mol. The van der Waals surface area contributed by atoms with Crippen LogP contribution in [0.25, 0.3) is 0 Å². The first kappa shape index (κ1) is 31.6. The number of hydrazine groups is 1. The third-order valence-electron chi connectivity index (χ3n) is 5.37. The molecule has 37 heavy (non-hydrogen) atoms. The van der Waals surface area contributed by atoms with Gasteiger partial charge < -0.3 is 34.3 Å². The molecule has 10 unspecified atom stereocenters. The third-order valence-corrected chi connectivity index (χ3v) is 6.40. The Morgan fingerprint density at radius 1 is 0.973 bits per heavy atom. The predicted octanol–water partition coefficient (Wildman–Crippen LogP) is -5.27. The van der Waals surface area contributed by atoms with Gasteiger partial charge in [-0.25, -0.2) is 4.18 Å². The van der Waals surface area contributed by atoms with Crippen molar-refractivity contribution in [2.75, 3.05) is 13.7 Å². The van der Waals surface area contributed by atoms with Crippen molar-refractivity contribution in [3.63, 3.8) is 0 Å². The molecule has 216 valence electrons. The fourth-order valence-electron chi connectivity index (χ4n) is 3.82. The van der Waals surface area contributed by atoms with Crippen LogP contribution >= 0.6 is 0 Å². The predicted molar refractivity (Wildman–Crippen MR) is 115 cm³/mol. The summed E-state index contributed by atoms with van der Waals surface area (Å²) in [7, 11) is -9.17. The Labute approximate surface area is 211 Å². The molecule has 21 heteroatoms. The molecule has 2 aliphatic heterocycles. The molecule has 0 aromatic carbocycles. The van der Waals surface area contributed by atoms with Crippen LogP contribution in [-0.2, 0) is 53.4 Å². The van der Waals surface area contributed by atoms with Crippen LogP contribution in [-0.4, -0.2) is 128 Å². The van der Waals surface area contributed by atoms with Crippen molar-refractivity contribution in [1.82, 2.24) is 15.6 Å². The van der Waals surface area contributed by atoms with E-state index in [0.29, 0.717) is 0 Å². The van der Waals surface area contributed by atoms with Crippen molar-refractivity contribution in [3.8, 4) is 0 Å². The highest BCUT2D eigenvalue weighted by molar-refractivity contribution is 7.83. The van der Waals surface area contributed by atoms with Crippen LogP contribution < -0.4 is 15.6 Å². The minimum absolute atomic E-state index is 0.696. The number of nitrogens with one attached hydrogen (secondary N) is 3. The number of hydrogen-bond acceptors (Lipinski definition) is 14. The highest BCUT2D eigenvalue weighted by Gasteiger charge is 2.54. The molecule has 2 rings (SSSR count). The van der Waals surface area contributed by atoms with Gasteiger partial charge in [0, 0.05) is 14.0 Å². The summed E-state index contributed by atoms with van der Waals surface area (Å²) in [5.41, 5.74) is 3.91. The molecule has 0 radical (unpaired) electrons. The fourth-order valence-corrected chi connectivity index (χ4v) is 4.98. The Morgan fingerprint density at radius 3 is 2.08 bits per heavy atom. The van der Waals surface area contributed by atoms with E-state index in [1.54, 1.807) is 4.72 Å². The smallest absolute Gasteiger partial charge is 0.394 e. The maximum Gasteiger partial charge on any atom is 0.397 e. The van der Waals surface area contributed by atoms with Crippen LogP contribution in [0.15, 0.2) is 0 Å². The Bertz CT molecular complexity index is 1030. The average Bonchev–Trinajstić information content (AvgIpc) is 2.77. The molecule has 8 N–H and O–H groups in total. The molecule has 2 amide bonds. The summed E-state index contributed by atoms with van der Waals surface area (Å²) in [4.78, 5) is 23.7. The summed E-state index contributed by atoms with van der Waals surface area (Å²) in [6, 6.07) is -1.57. The number of aliphatic hydroxyl groups excluding tert-OH is 3. The van der Waals surface area contributed by atoms with Crippen molar-refractivity contribution in [2.45, 2.75) is 75.0 Å². The van der Waals surface area contributed by atoms with E-state index in [9.17, 15) is 46.3 Å². The number of ether oxygens (including phenoxy) is 4. The molecule has 0 aliphatic carbocycles. The Hall–Kier alpha value is -1.60. The van der Waals surface area contributed by atoms with Gasteiger partial charge in [0.05, 0.1) is 18.8 Å². The topological polar surface area (TPSA) is 286 Å². The minimum Gasteiger partial charge on any atom is -0.394 e. The maximum atomic E-state index is 12.6. The number of aliphatic hydroxyl groups is 3. The summed E-state index contributed by atoms with van der Waals surface area (Å²) in [5, 5.41) is 31.2. The zero-order valence-corrected chi connectivity index (χ0v) is 21.2. The van der Waals surface area contributed by atoms with Crippen LogP contribution in [0.3, 0.4) is 0 Å². The van der Waals surface area contributed by atoms with E-state index in [1.807, 2.05) is 10.9 Å². The molecule has 2 heterocycles. The fraction of sp³-hybridized carbons (Fsp3) is 0.875. The van der Waals surface area contributed by atoms with Crippen LogP contribution in [0.1, 0.15) is 13.8 Å². The molecular weight excluding hydrogens is 554 g/mol. The van der Waals surface area contributed by atoms with Gasteiger partial charge in [-0.1, -0.05) is 0 Å². The standard InChI is InChI=1S/C16H29N3O16S2/c1-5-8(19-36(25,26)27)9(22)11(7(4-20)32-5)33-16-13(35-37(28,29)30)10(23)12(31-3)14(34-16)15(24)18-17-6(2)21/h5,7-14,16,19-20,22-23H,4H2,1-3H3,(H,17,21)(H,18,24)(H,25,26,27)(H,28,29,30). The maximum absolute atomic E-state index is 12.6. The number of hydrogen-bond donors (Lipinski definition) is 8. The Balaban J connectivity index is 2.43. The van der Waals surface area contributed by atoms with Crippen LogP contribution in [0, 0.1) is 0 Å². The van der Waals surface area contributed by atoms with Crippen molar-refractivity contribution < 1.29 is 74.0 Å². The van der Waals surface area contributed by atoms with E-state index < -0.39 is 100 Å². The highest BCUT2D eigenvalue weighted by atomic mass is 32.3. The molecule has 0 bridgehead atoms. The van der Waals surface area contributed by atoms with Crippen LogP contribution in [0.5, 0.6) is 0 Å². The second-order valence-electron chi connectivity index (χ2n) is 8.05. The van der Waals surface area contributed by atoms with Gasteiger partial charge in [0.2, 0.25) is 5.91 Å². The zero-order valence-electron chi connectivity index (χ0n) is 19.5. The number of rotatable bonds is 9. The van der Waals surface area contributed by atoms with E-state index in [4.69, 9.17) is 23.5 Å². The SMILES string of the molecule is COC1C(C(=O)NNC(C)=O)OC(OC2C(CO)OC(C)C(NS(=O)(=O)O)C2O)C(OS(=O)(=O)O)C1O. The lowest BCUT2D eigenvalue weighted by molar-refractivity contribution is -0.325. The number of methoxy groups -OCH3 is 1. The molecule has 0 saturated carbocycles. The zero-order chi connectivity index (χ0) is 28.3. The number of amides is 2. The van der Waals surface area contributed by atoms with Gasteiger partial charge in [-0.3, -0.25) is 29.5 Å². The van der Waals surface area contributed by atoms with E-state index in [2.05, 4.69) is 4.18 Å². The van der Waals surface area contributed by atoms with Gasteiger partial charge in [-0.15, -0.1) is 0 Å². The second kappa shape index (κ2) is 12.5. The first-order valence-electron chi connectivity index (χ1n) is 10.4. The number of carbonyl (C=O) groups excluding carboxylic acids is 2. The quantitative estimate of drug-likeness (QED) is 0.0929. The number of carbonyl (C=O) groups is 2. The average molecular weight is 584 g/mol. The lowest BCUT2D eigenvalue weighted by Gasteiger charge is -2.47. The van der Waals surface area contributed by atoms with Gasteiger partial charge >= 0.3 is 20.7 Å². The summed E-state index contributed by atoms with van der Waals surface area (Å²) < 4.78 is 91.3. The van der Waals surface area contributed by atoms with Crippen LogP contribution in [0.2, 0.25) is 0 Å². The lowest BCUT2D eigenvalue weighted by Crippen LogP contribution is -2.68. The molecule has 10 atom stereocenters. The Morgan fingerprint density at radius 2 is 1.59 bits per heavy atom. The Kier molecular flexibility index (Phi) is 10.7.